The number of hydrogen-bond donors (Lipinski definition) is 1. The van der Waals surface area contributed by atoms with Crippen LogP contribution in [-0.2, 0) is 11.3 Å². The van der Waals surface area contributed by atoms with E-state index >= 15 is 0 Å². The van der Waals surface area contributed by atoms with E-state index in [4.69, 9.17) is 4.74 Å². The van der Waals surface area contributed by atoms with E-state index in [1.165, 1.54) is 10.5 Å². The van der Waals surface area contributed by atoms with Crippen molar-refractivity contribution in [3.63, 3.8) is 0 Å². The van der Waals surface area contributed by atoms with E-state index in [0.29, 0.717) is 38.0 Å². The number of morpholine rings is 1. The van der Waals surface area contributed by atoms with Gasteiger partial charge >= 0.3 is 5.56 Å². The summed E-state index contributed by atoms with van der Waals surface area (Å²) in [6.07, 6.45) is 1.56. The van der Waals surface area contributed by atoms with Crippen LogP contribution in [0.5, 0.6) is 5.88 Å². The topological polar surface area (TPSA) is 58.1 Å². The van der Waals surface area contributed by atoms with Gasteiger partial charge in [-0.25, -0.2) is 13.6 Å². The molecule has 28 heavy (non-hydrogen) atoms. The lowest BCUT2D eigenvalue weighted by Crippen LogP contribution is -2.47. The highest BCUT2D eigenvalue weighted by atomic mass is 19.1. The summed E-state index contributed by atoms with van der Waals surface area (Å²) < 4.78 is 36.0. The lowest BCUT2D eigenvalue weighted by molar-refractivity contribution is -0.680. The SMILES string of the molecule is O=c1c(-c2ccc(F)cc2F)c(O)[n+](CCN2CCOCC2)c2ccccn12. The minimum absolute atomic E-state index is 0.137. The predicted molar refractivity (Wildman–Crippen MR) is 98.1 cm³/mol. The number of fused-ring (bicyclic) bond motifs is 1. The first-order chi connectivity index (χ1) is 13.6. The molecule has 1 aliphatic rings. The summed E-state index contributed by atoms with van der Waals surface area (Å²) >= 11 is 0. The fourth-order valence-electron chi connectivity index (χ4n) is 3.50. The molecule has 6 nitrogen and oxygen atoms in total. The van der Waals surface area contributed by atoms with Gasteiger partial charge in [0.25, 0.3) is 11.5 Å². The van der Waals surface area contributed by atoms with Crippen molar-refractivity contribution < 1.29 is 23.2 Å². The zero-order valence-corrected chi connectivity index (χ0v) is 15.1. The van der Waals surface area contributed by atoms with Gasteiger partial charge in [0.15, 0.2) is 5.56 Å². The molecule has 1 fully saturated rings. The maximum Gasteiger partial charge on any atom is 0.354 e. The minimum atomic E-state index is -0.900. The highest BCUT2D eigenvalue weighted by molar-refractivity contribution is 5.67. The standard InChI is InChI=1S/C20H19F2N3O3/c21-14-4-5-15(16(22)13-14)18-19(26)24-6-2-1-3-17(24)25(20(18)27)8-7-23-9-11-28-12-10-23/h1-6,13H,7-12H2/p+1. The van der Waals surface area contributed by atoms with Gasteiger partial charge in [0, 0.05) is 37.3 Å². The Bertz CT molecular complexity index is 1080. The third-order valence-corrected chi connectivity index (χ3v) is 4.97. The highest BCUT2D eigenvalue weighted by Gasteiger charge is 2.27. The largest absolute Gasteiger partial charge is 0.477 e. The van der Waals surface area contributed by atoms with Gasteiger partial charge in [-0.15, -0.1) is 0 Å². The maximum atomic E-state index is 14.4. The van der Waals surface area contributed by atoms with Gasteiger partial charge < -0.3 is 9.84 Å². The van der Waals surface area contributed by atoms with E-state index < -0.39 is 17.2 Å². The van der Waals surface area contributed by atoms with Gasteiger partial charge in [-0.3, -0.25) is 4.90 Å². The molecule has 0 bridgehead atoms. The molecule has 0 radical (unpaired) electrons. The van der Waals surface area contributed by atoms with Crippen molar-refractivity contribution in [2.24, 2.45) is 0 Å². The summed E-state index contributed by atoms with van der Waals surface area (Å²) in [7, 11) is 0. The van der Waals surface area contributed by atoms with Crippen molar-refractivity contribution in [3.8, 4) is 17.0 Å². The molecule has 0 saturated carbocycles. The van der Waals surface area contributed by atoms with Gasteiger partial charge in [0.2, 0.25) is 0 Å². The van der Waals surface area contributed by atoms with Crippen molar-refractivity contribution in [2.45, 2.75) is 6.54 Å². The smallest absolute Gasteiger partial charge is 0.354 e. The number of halogens is 2. The van der Waals surface area contributed by atoms with E-state index in [-0.39, 0.29) is 17.0 Å². The Kier molecular flexibility index (Phi) is 5.06. The monoisotopic (exact) mass is 388 g/mol. The molecule has 0 aliphatic carbocycles. The van der Waals surface area contributed by atoms with Crippen LogP contribution in [0.1, 0.15) is 0 Å². The Balaban J connectivity index is 1.85. The van der Waals surface area contributed by atoms with Crippen LogP contribution < -0.4 is 10.1 Å². The molecule has 1 saturated heterocycles. The van der Waals surface area contributed by atoms with Crippen molar-refractivity contribution >= 4 is 5.65 Å². The summed E-state index contributed by atoms with van der Waals surface area (Å²) in [5.74, 6) is -1.99. The van der Waals surface area contributed by atoms with E-state index in [1.807, 2.05) is 0 Å². The third kappa shape index (κ3) is 3.36. The summed E-state index contributed by atoms with van der Waals surface area (Å²) in [5.41, 5.74) is -0.406. The summed E-state index contributed by atoms with van der Waals surface area (Å²) in [6.45, 7) is 3.90. The first kappa shape index (κ1) is 18.5. The summed E-state index contributed by atoms with van der Waals surface area (Å²) in [6, 6.07) is 8.09. The van der Waals surface area contributed by atoms with Gasteiger partial charge in [-0.2, -0.15) is 8.97 Å². The molecule has 3 aromatic rings. The van der Waals surface area contributed by atoms with E-state index in [2.05, 4.69) is 4.90 Å². The van der Waals surface area contributed by atoms with Crippen LogP contribution in [0.2, 0.25) is 0 Å². The maximum absolute atomic E-state index is 14.4. The quantitative estimate of drug-likeness (QED) is 0.690. The van der Waals surface area contributed by atoms with E-state index in [0.717, 1.165) is 19.2 Å². The van der Waals surface area contributed by atoms with Crippen LogP contribution in [0.15, 0.2) is 47.4 Å². The molecule has 8 heteroatoms. The lowest BCUT2D eigenvalue weighted by atomic mass is 10.1. The number of nitrogens with zero attached hydrogens (tertiary/aromatic N) is 3. The molecule has 0 amide bonds. The number of ether oxygens (including phenoxy) is 1. The average Bonchev–Trinajstić information content (AvgIpc) is 2.70. The zero-order chi connectivity index (χ0) is 19.7. The third-order valence-electron chi connectivity index (χ3n) is 4.97. The lowest BCUT2D eigenvalue weighted by Gasteiger charge is -2.26. The zero-order valence-electron chi connectivity index (χ0n) is 15.1. The molecule has 0 atom stereocenters. The van der Waals surface area contributed by atoms with Crippen LogP contribution in [0, 0.1) is 11.6 Å². The molecule has 1 aromatic carbocycles. The van der Waals surface area contributed by atoms with Crippen molar-refractivity contribution in [3.05, 3.63) is 64.6 Å². The van der Waals surface area contributed by atoms with Gasteiger partial charge in [0.1, 0.15) is 18.2 Å². The van der Waals surface area contributed by atoms with Crippen LogP contribution in [0.4, 0.5) is 8.78 Å². The number of rotatable bonds is 4. The summed E-state index contributed by atoms with van der Waals surface area (Å²) in [5, 5.41) is 10.9. The molecule has 1 aliphatic heterocycles. The van der Waals surface area contributed by atoms with Crippen LogP contribution in [0.3, 0.4) is 0 Å². The van der Waals surface area contributed by atoms with Crippen molar-refractivity contribution in [2.75, 3.05) is 32.8 Å². The molecule has 1 N–H and O–H groups in total. The van der Waals surface area contributed by atoms with Crippen LogP contribution >= 0.6 is 0 Å². The molecular weight excluding hydrogens is 368 g/mol. The minimum Gasteiger partial charge on any atom is -0.477 e. The Morgan fingerprint density at radius 2 is 1.93 bits per heavy atom. The number of aromatic nitrogens is 2. The van der Waals surface area contributed by atoms with Crippen molar-refractivity contribution in [1.29, 1.82) is 0 Å². The summed E-state index contributed by atoms with van der Waals surface area (Å²) in [4.78, 5) is 15.1. The van der Waals surface area contributed by atoms with Gasteiger partial charge in [-0.05, 0) is 18.2 Å². The van der Waals surface area contributed by atoms with Crippen molar-refractivity contribution in [1.82, 2.24) is 9.30 Å². The number of benzene rings is 1. The Labute approximate surface area is 159 Å². The second-order valence-electron chi connectivity index (χ2n) is 6.66. The molecular formula is C20H20F2N3O3+. The number of pyridine rings is 1. The highest BCUT2D eigenvalue weighted by Crippen LogP contribution is 2.26. The number of hydrogen-bond acceptors (Lipinski definition) is 4. The molecule has 0 unspecified atom stereocenters. The van der Waals surface area contributed by atoms with Crippen LogP contribution in [0.25, 0.3) is 16.8 Å². The molecule has 2 aromatic heterocycles. The first-order valence-corrected chi connectivity index (χ1v) is 9.08. The molecule has 4 rings (SSSR count). The fourth-order valence-corrected chi connectivity index (χ4v) is 3.50. The Morgan fingerprint density at radius 3 is 2.68 bits per heavy atom. The van der Waals surface area contributed by atoms with E-state index in [9.17, 15) is 18.7 Å². The van der Waals surface area contributed by atoms with Gasteiger partial charge in [-0.1, -0.05) is 6.07 Å². The molecule has 0 spiro atoms. The van der Waals surface area contributed by atoms with E-state index in [1.54, 1.807) is 29.0 Å². The Morgan fingerprint density at radius 1 is 1.14 bits per heavy atom. The second kappa shape index (κ2) is 7.65. The molecule has 146 valence electrons. The Hall–Kier alpha value is -2.84. The molecule has 3 heterocycles. The predicted octanol–water partition coefficient (Wildman–Crippen LogP) is 1.57. The average molecular weight is 388 g/mol. The normalized spacial score (nSPS) is 15.2. The number of aromatic hydroxyl groups is 1. The van der Waals surface area contributed by atoms with Crippen LogP contribution in [-0.4, -0.2) is 47.3 Å². The first-order valence-electron chi connectivity index (χ1n) is 9.08. The second-order valence-corrected chi connectivity index (χ2v) is 6.66. The fraction of sp³-hybridized carbons (Fsp3) is 0.300. The van der Waals surface area contributed by atoms with Gasteiger partial charge in [0.05, 0.1) is 19.4 Å².